The number of nitrogens with zero attached hydrogens (tertiary/aromatic N) is 2. The van der Waals surface area contributed by atoms with Crippen molar-refractivity contribution >= 4 is 5.82 Å². The van der Waals surface area contributed by atoms with Gasteiger partial charge < -0.3 is 10.1 Å². The van der Waals surface area contributed by atoms with E-state index in [4.69, 9.17) is 4.74 Å². The molecule has 0 saturated heterocycles. The van der Waals surface area contributed by atoms with Crippen LogP contribution in [-0.4, -0.2) is 23.1 Å². The van der Waals surface area contributed by atoms with E-state index in [1.807, 2.05) is 6.92 Å². The minimum absolute atomic E-state index is 0.393. The van der Waals surface area contributed by atoms with Gasteiger partial charge >= 0.3 is 0 Å². The molecule has 1 aromatic rings. The fourth-order valence-corrected chi connectivity index (χ4v) is 1.66. The molecule has 0 aromatic carbocycles. The van der Waals surface area contributed by atoms with Crippen LogP contribution >= 0.6 is 0 Å². The molecule has 1 fully saturated rings. The van der Waals surface area contributed by atoms with Gasteiger partial charge in [0.1, 0.15) is 12.1 Å². The molecule has 82 valence electrons. The highest BCUT2D eigenvalue weighted by molar-refractivity contribution is 5.49. The summed E-state index contributed by atoms with van der Waals surface area (Å²) in [4.78, 5) is 8.28. The standard InChI is InChI=1S/C11H17N3O/c1-7-9(12-6-13-10(7)15-4)14-8-5-11(8,2)3/h6,8H,5H2,1-4H3,(H,12,13,14). The van der Waals surface area contributed by atoms with Crippen LogP contribution in [-0.2, 0) is 0 Å². The molecule has 1 unspecified atom stereocenters. The first kappa shape index (κ1) is 10.2. The third-order valence-corrected chi connectivity index (χ3v) is 3.06. The van der Waals surface area contributed by atoms with Crippen LogP contribution in [0.15, 0.2) is 6.33 Å². The number of aromatic nitrogens is 2. The largest absolute Gasteiger partial charge is 0.481 e. The smallest absolute Gasteiger partial charge is 0.221 e. The van der Waals surface area contributed by atoms with Gasteiger partial charge in [-0.3, -0.25) is 0 Å². The third kappa shape index (κ3) is 1.89. The second-order valence-electron chi connectivity index (χ2n) is 4.75. The second kappa shape index (κ2) is 3.36. The van der Waals surface area contributed by atoms with Gasteiger partial charge in [-0.1, -0.05) is 13.8 Å². The number of anilines is 1. The molecule has 1 aliphatic carbocycles. The van der Waals surface area contributed by atoms with Crippen molar-refractivity contribution in [3.05, 3.63) is 11.9 Å². The van der Waals surface area contributed by atoms with Crippen LogP contribution in [0, 0.1) is 12.3 Å². The van der Waals surface area contributed by atoms with Crippen molar-refractivity contribution in [2.24, 2.45) is 5.41 Å². The van der Waals surface area contributed by atoms with E-state index in [2.05, 4.69) is 29.1 Å². The van der Waals surface area contributed by atoms with E-state index in [0.717, 1.165) is 11.4 Å². The topological polar surface area (TPSA) is 47.0 Å². The Morgan fingerprint density at radius 3 is 2.67 bits per heavy atom. The molecule has 1 saturated carbocycles. The van der Waals surface area contributed by atoms with Crippen molar-refractivity contribution in [2.45, 2.75) is 33.2 Å². The molecule has 1 aromatic heterocycles. The maximum absolute atomic E-state index is 5.15. The van der Waals surface area contributed by atoms with Gasteiger partial charge in [0.05, 0.1) is 12.7 Å². The number of hydrogen-bond donors (Lipinski definition) is 1. The van der Waals surface area contributed by atoms with Gasteiger partial charge in [0.15, 0.2) is 0 Å². The molecule has 1 heterocycles. The van der Waals surface area contributed by atoms with Gasteiger partial charge in [-0.15, -0.1) is 0 Å². The molecule has 2 rings (SSSR count). The van der Waals surface area contributed by atoms with Gasteiger partial charge in [-0.2, -0.15) is 0 Å². The Kier molecular flexibility index (Phi) is 2.29. The highest BCUT2D eigenvalue weighted by Gasteiger charge is 2.46. The van der Waals surface area contributed by atoms with E-state index >= 15 is 0 Å². The van der Waals surface area contributed by atoms with Gasteiger partial charge in [-0.05, 0) is 18.8 Å². The van der Waals surface area contributed by atoms with E-state index < -0.39 is 0 Å². The lowest BCUT2D eigenvalue weighted by molar-refractivity contribution is 0.393. The maximum atomic E-state index is 5.15. The Balaban J connectivity index is 2.15. The number of rotatable bonds is 3. The number of nitrogens with one attached hydrogen (secondary N) is 1. The molecule has 1 atom stereocenters. The van der Waals surface area contributed by atoms with Crippen LogP contribution in [0.2, 0.25) is 0 Å². The van der Waals surface area contributed by atoms with E-state index in [-0.39, 0.29) is 0 Å². The SMILES string of the molecule is COc1ncnc(NC2CC2(C)C)c1C. The molecular formula is C11H17N3O. The summed E-state index contributed by atoms with van der Waals surface area (Å²) in [7, 11) is 1.63. The van der Waals surface area contributed by atoms with E-state index in [0.29, 0.717) is 17.3 Å². The fourth-order valence-electron chi connectivity index (χ4n) is 1.66. The first-order chi connectivity index (χ1) is 7.04. The summed E-state index contributed by atoms with van der Waals surface area (Å²) in [5.74, 6) is 1.53. The van der Waals surface area contributed by atoms with Crippen molar-refractivity contribution in [2.75, 3.05) is 12.4 Å². The molecule has 1 aliphatic rings. The molecule has 0 amide bonds. The average molecular weight is 207 g/mol. The Bertz CT molecular complexity index is 376. The quantitative estimate of drug-likeness (QED) is 0.823. The van der Waals surface area contributed by atoms with Crippen LogP contribution in [0.3, 0.4) is 0 Å². The van der Waals surface area contributed by atoms with Crippen molar-refractivity contribution < 1.29 is 4.74 Å². The fraction of sp³-hybridized carbons (Fsp3) is 0.636. The Hall–Kier alpha value is -1.32. The van der Waals surface area contributed by atoms with E-state index in [9.17, 15) is 0 Å². The number of ether oxygens (including phenoxy) is 1. The maximum Gasteiger partial charge on any atom is 0.221 e. The summed E-state index contributed by atoms with van der Waals surface area (Å²) in [5.41, 5.74) is 1.37. The highest BCUT2D eigenvalue weighted by atomic mass is 16.5. The van der Waals surface area contributed by atoms with Crippen molar-refractivity contribution in [3.63, 3.8) is 0 Å². The lowest BCUT2D eigenvalue weighted by atomic mass is 10.2. The van der Waals surface area contributed by atoms with Crippen LogP contribution in [0.25, 0.3) is 0 Å². The zero-order valence-electron chi connectivity index (χ0n) is 9.66. The molecule has 0 radical (unpaired) electrons. The summed E-state index contributed by atoms with van der Waals surface area (Å²) in [6, 6.07) is 0.524. The molecule has 0 spiro atoms. The molecule has 15 heavy (non-hydrogen) atoms. The molecule has 4 nitrogen and oxygen atoms in total. The normalized spacial score (nSPS) is 22.3. The van der Waals surface area contributed by atoms with Crippen LogP contribution < -0.4 is 10.1 Å². The zero-order chi connectivity index (χ0) is 11.1. The van der Waals surface area contributed by atoms with Crippen LogP contribution in [0.5, 0.6) is 5.88 Å². The molecule has 1 N–H and O–H groups in total. The minimum atomic E-state index is 0.393. The van der Waals surface area contributed by atoms with Crippen LogP contribution in [0.4, 0.5) is 5.82 Å². The zero-order valence-corrected chi connectivity index (χ0v) is 9.66. The molecule has 0 aliphatic heterocycles. The average Bonchev–Trinajstić information content (AvgIpc) is 2.77. The minimum Gasteiger partial charge on any atom is -0.481 e. The van der Waals surface area contributed by atoms with E-state index in [1.165, 1.54) is 12.7 Å². The first-order valence-corrected chi connectivity index (χ1v) is 5.17. The number of methoxy groups -OCH3 is 1. The van der Waals surface area contributed by atoms with Crippen molar-refractivity contribution in [1.29, 1.82) is 0 Å². The monoisotopic (exact) mass is 207 g/mol. The predicted octanol–water partition coefficient (Wildman–Crippen LogP) is 2.00. The van der Waals surface area contributed by atoms with Gasteiger partial charge in [0, 0.05) is 6.04 Å². The highest BCUT2D eigenvalue weighted by Crippen LogP contribution is 2.46. The summed E-state index contributed by atoms with van der Waals surface area (Å²) in [5, 5.41) is 3.42. The molecule has 0 bridgehead atoms. The number of hydrogen-bond acceptors (Lipinski definition) is 4. The van der Waals surface area contributed by atoms with Gasteiger partial charge in [0.2, 0.25) is 5.88 Å². The second-order valence-corrected chi connectivity index (χ2v) is 4.75. The lowest BCUT2D eigenvalue weighted by Crippen LogP contribution is -2.11. The van der Waals surface area contributed by atoms with Crippen LogP contribution in [0.1, 0.15) is 25.8 Å². The predicted molar refractivity (Wildman–Crippen MR) is 59.1 cm³/mol. The summed E-state index contributed by atoms with van der Waals surface area (Å²) in [6.07, 6.45) is 2.72. The lowest BCUT2D eigenvalue weighted by Gasteiger charge is -2.11. The Morgan fingerprint density at radius 1 is 1.47 bits per heavy atom. The third-order valence-electron chi connectivity index (χ3n) is 3.06. The Morgan fingerprint density at radius 2 is 2.13 bits per heavy atom. The summed E-state index contributed by atoms with van der Waals surface area (Å²) in [6.45, 7) is 6.47. The van der Waals surface area contributed by atoms with Gasteiger partial charge in [-0.25, -0.2) is 9.97 Å². The van der Waals surface area contributed by atoms with Crippen molar-refractivity contribution in [1.82, 2.24) is 9.97 Å². The van der Waals surface area contributed by atoms with Crippen molar-refractivity contribution in [3.8, 4) is 5.88 Å². The molecular weight excluding hydrogens is 190 g/mol. The molecule has 4 heteroatoms. The Labute approximate surface area is 90.1 Å². The summed E-state index contributed by atoms with van der Waals surface area (Å²) < 4.78 is 5.15. The van der Waals surface area contributed by atoms with E-state index in [1.54, 1.807) is 7.11 Å². The first-order valence-electron chi connectivity index (χ1n) is 5.17. The summed E-state index contributed by atoms with van der Waals surface area (Å²) >= 11 is 0. The van der Waals surface area contributed by atoms with Gasteiger partial charge in [0.25, 0.3) is 0 Å².